The van der Waals surface area contributed by atoms with Crippen LogP contribution in [0.3, 0.4) is 0 Å². The first-order chi connectivity index (χ1) is 15.5. The van der Waals surface area contributed by atoms with Gasteiger partial charge in [-0.2, -0.15) is 0 Å². The van der Waals surface area contributed by atoms with E-state index in [1.54, 1.807) is 24.3 Å². The number of hydrogen-bond donors (Lipinski definition) is 1. The summed E-state index contributed by atoms with van der Waals surface area (Å²) in [6, 6.07) is 14.7. The van der Waals surface area contributed by atoms with Crippen molar-refractivity contribution in [3.63, 3.8) is 0 Å². The molecule has 0 aliphatic carbocycles. The number of amides is 3. The Hall–Kier alpha value is -2.90. The molecule has 168 valence electrons. The first-order valence-corrected chi connectivity index (χ1v) is 11.4. The molecular formula is C24H27ClN4O3. The molecule has 8 heteroatoms. The highest BCUT2D eigenvalue weighted by atomic mass is 35.5. The molecule has 32 heavy (non-hydrogen) atoms. The molecule has 2 aliphatic heterocycles. The van der Waals surface area contributed by atoms with Crippen LogP contribution in [0.4, 0.5) is 5.69 Å². The van der Waals surface area contributed by atoms with Crippen LogP contribution in [0.2, 0.25) is 5.02 Å². The molecule has 1 fully saturated rings. The summed E-state index contributed by atoms with van der Waals surface area (Å²) in [5.74, 6) is -0.603. The number of fused-ring (bicyclic) bond motifs is 1. The smallest absolute Gasteiger partial charge is 0.261 e. The summed E-state index contributed by atoms with van der Waals surface area (Å²) >= 11 is 5.96. The van der Waals surface area contributed by atoms with Gasteiger partial charge in [0.1, 0.15) is 0 Å². The number of piperazine rings is 1. The zero-order chi connectivity index (χ0) is 22.5. The van der Waals surface area contributed by atoms with E-state index in [0.29, 0.717) is 24.1 Å². The maximum Gasteiger partial charge on any atom is 0.261 e. The van der Waals surface area contributed by atoms with Crippen LogP contribution < -0.4 is 10.2 Å². The number of carbonyl (C=O) groups excluding carboxylic acids is 3. The SMILES string of the molecule is O=C(CCCN1C(=O)c2ccccc2C1=O)NCCN1CCN(c2ccc(Cl)cc2)CC1. The van der Waals surface area contributed by atoms with Gasteiger partial charge >= 0.3 is 0 Å². The summed E-state index contributed by atoms with van der Waals surface area (Å²) in [5.41, 5.74) is 2.07. The van der Waals surface area contributed by atoms with E-state index in [0.717, 1.165) is 37.7 Å². The third-order valence-corrected chi connectivity index (χ3v) is 6.23. The van der Waals surface area contributed by atoms with Crippen LogP contribution in [-0.4, -0.2) is 73.3 Å². The first kappa shape index (κ1) is 22.3. The van der Waals surface area contributed by atoms with Crippen molar-refractivity contribution in [1.29, 1.82) is 0 Å². The molecule has 1 N–H and O–H groups in total. The molecule has 2 aromatic carbocycles. The average molecular weight is 455 g/mol. The number of halogens is 1. The maximum absolute atomic E-state index is 12.3. The van der Waals surface area contributed by atoms with E-state index in [-0.39, 0.29) is 30.7 Å². The predicted molar refractivity (Wildman–Crippen MR) is 124 cm³/mol. The number of carbonyl (C=O) groups is 3. The number of rotatable bonds is 8. The van der Waals surface area contributed by atoms with E-state index in [2.05, 4.69) is 15.1 Å². The number of nitrogens with one attached hydrogen (secondary N) is 1. The second kappa shape index (κ2) is 10.1. The van der Waals surface area contributed by atoms with Gasteiger partial charge in [0.2, 0.25) is 5.91 Å². The molecule has 7 nitrogen and oxygen atoms in total. The highest BCUT2D eigenvalue weighted by Crippen LogP contribution is 2.22. The van der Waals surface area contributed by atoms with E-state index < -0.39 is 0 Å². The molecule has 0 bridgehead atoms. The normalized spacial score (nSPS) is 16.4. The number of nitrogens with zero attached hydrogens (tertiary/aromatic N) is 3. The Bertz CT molecular complexity index is 952. The number of benzene rings is 2. The maximum atomic E-state index is 12.3. The molecular weight excluding hydrogens is 428 g/mol. The van der Waals surface area contributed by atoms with Crippen LogP contribution in [0.25, 0.3) is 0 Å². The lowest BCUT2D eigenvalue weighted by Crippen LogP contribution is -2.48. The standard InChI is InChI=1S/C24H27ClN4O3/c25-18-7-9-19(10-8-18)28-16-14-27(15-17-28)13-11-26-22(30)6-3-12-29-23(31)20-4-1-2-5-21(20)24(29)32/h1-2,4-5,7-10H,3,6,11-17H2,(H,26,30). The molecule has 0 radical (unpaired) electrons. The van der Waals surface area contributed by atoms with Crippen molar-refractivity contribution in [3.8, 4) is 0 Å². The topological polar surface area (TPSA) is 73.0 Å². The Labute approximate surface area is 192 Å². The van der Waals surface area contributed by atoms with Gasteiger partial charge in [-0.05, 0) is 42.8 Å². The first-order valence-electron chi connectivity index (χ1n) is 11.0. The summed E-state index contributed by atoms with van der Waals surface area (Å²) in [6.07, 6.45) is 0.745. The van der Waals surface area contributed by atoms with E-state index in [4.69, 9.17) is 11.6 Å². The Morgan fingerprint density at radius 1 is 0.875 bits per heavy atom. The fourth-order valence-corrected chi connectivity index (χ4v) is 4.29. The van der Waals surface area contributed by atoms with Gasteiger partial charge in [-0.15, -0.1) is 0 Å². The molecule has 3 amide bonds. The third-order valence-electron chi connectivity index (χ3n) is 5.98. The van der Waals surface area contributed by atoms with Gasteiger partial charge in [-0.25, -0.2) is 0 Å². The van der Waals surface area contributed by atoms with Gasteiger partial charge in [0.05, 0.1) is 11.1 Å². The molecule has 0 aromatic heterocycles. The van der Waals surface area contributed by atoms with E-state index in [9.17, 15) is 14.4 Å². The van der Waals surface area contributed by atoms with Crippen molar-refractivity contribution in [2.75, 3.05) is 50.7 Å². The van der Waals surface area contributed by atoms with Crippen molar-refractivity contribution in [2.24, 2.45) is 0 Å². The molecule has 2 aliphatic rings. The van der Waals surface area contributed by atoms with Crippen molar-refractivity contribution >= 4 is 35.0 Å². The summed E-state index contributed by atoms with van der Waals surface area (Å²) < 4.78 is 0. The minimum absolute atomic E-state index is 0.0543. The van der Waals surface area contributed by atoms with Crippen LogP contribution >= 0.6 is 11.6 Å². The number of anilines is 1. The minimum atomic E-state index is -0.274. The fraction of sp³-hybridized carbons (Fsp3) is 0.375. The van der Waals surface area contributed by atoms with E-state index in [1.165, 1.54) is 10.6 Å². The van der Waals surface area contributed by atoms with Gasteiger partial charge in [-0.3, -0.25) is 24.2 Å². The highest BCUT2D eigenvalue weighted by molar-refractivity contribution is 6.30. The van der Waals surface area contributed by atoms with E-state index >= 15 is 0 Å². The van der Waals surface area contributed by atoms with Gasteiger partial charge in [0.15, 0.2) is 0 Å². The van der Waals surface area contributed by atoms with Gasteiger partial charge < -0.3 is 10.2 Å². The summed E-state index contributed by atoms with van der Waals surface area (Å²) in [6.45, 7) is 5.42. The van der Waals surface area contributed by atoms with Crippen LogP contribution in [0.5, 0.6) is 0 Å². The zero-order valence-electron chi connectivity index (χ0n) is 17.9. The number of hydrogen-bond acceptors (Lipinski definition) is 5. The highest BCUT2D eigenvalue weighted by Gasteiger charge is 2.34. The van der Waals surface area contributed by atoms with Crippen LogP contribution in [0.1, 0.15) is 33.6 Å². The molecule has 2 heterocycles. The predicted octanol–water partition coefficient (Wildman–Crippen LogP) is 2.65. The van der Waals surface area contributed by atoms with Crippen molar-refractivity contribution in [1.82, 2.24) is 15.1 Å². The van der Waals surface area contributed by atoms with Gasteiger partial charge in [0.25, 0.3) is 11.8 Å². The lowest BCUT2D eigenvalue weighted by molar-refractivity contribution is -0.121. The Morgan fingerprint density at radius 3 is 2.12 bits per heavy atom. The molecule has 0 atom stereocenters. The van der Waals surface area contributed by atoms with Crippen LogP contribution in [0, 0.1) is 0 Å². The second-order valence-corrected chi connectivity index (χ2v) is 8.50. The average Bonchev–Trinajstić information content (AvgIpc) is 3.05. The summed E-state index contributed by atoms with van der Waals surface area (Å²) in [7, 11) is 0. The largest absolute Gasteiger partial charge is 0.369 e. The van der Waals surface area contributed by atoms with Crippen molar-refractivity contribution < 1.29 is 14.4 Å². The van der Waals surface area contributed by atoms with Crippen molar-refractivity contribution in [2.45, 2.75) is 12.8 Å². The van der Waals surface area contributed by atoms with Crippen molar-refractivity contribution in [3.05, 3.63) is 64.7 Å². The molecule has 2 aromatic rings. The van der Waals surface area contributed by atoms with Crippen LogP contribution in [-0.2, 0) is 4.79 Å². The molecule has 1 saturated heterocycles. The van der Waals surface area contributed by atoms with E-state index in [1.807, 2.05) is 24.3 Å². The third kappa shape index (κ3) is 5.11. The molecule has 0 spiro atoms. The zero-order valence-corrected chi connectivity index (χ0v) is 18.7. The number of imide groups is 1. The van der Waals surface area contributed by atoms with Crippen LogP contribution in [0.15, 0.2) is 48.5 Å². The fourth-order valence-electron chi connectivity index (χ4n) is 4.16. The second-order valence-electron chi connectivity index (χ2n) is 8.07. The molecule has 4 rings (SSSR count). The summed E-state index contributed by atoms with van der Waals surface area (Å²) in [5, 5.41) is 3.69. The lowest BCUT2D eigenvalue weighted by Gasteiger charge is -2.36. The quantitative estimate of drug-likeness (QED) is 0.621. The van der Waals surface area contributed by atoms with Gasteiger partial charge in [-0.1, -0.05) is 23.7 Å². The molecule has 0 unspecified atom stereocenters. The monoisotopic (exact) mass is 454 g/mol. The Morgan fingerprint density at radius 2 is 1.50 bits per heavy atom. The minimum Gasteiger partial charge on any atom is -0.369 e. The Kier molecular flexibility index (Phi) is 7.07. The lowest BCUT2D eigenvalue weighted by atomic mass is 10.1. The van der Waals surface area contributed by atoms with Gasteiger partial charge in [0, 0.05) is 62.9 Å². The molecule has 0 saturated carbocycles. The summed E-state index contributed by atoms with van der Waals surface area (Å²) in [4.78, 5) is 42.8. The Balaban J connectivity index is 1.11.